The second-order valence-corrected chi connectivity index (χ2v) is 7.65. The van der Waals surface area contributed by atoms with Crippen LogP contribution in [0.2, 0.25) is 0 Å². The molecule has 0 aliphatic rings. The summed E-state index contributed by atoms with van der Waals surface area (Å²) in [6.45, 7) is -1.61. The van der Waals surface area contributed by atoms with Gasteiger partial charge in [0.25, 0.3) is 5.91 Å². The van der Waals surface area contributed by atoms with Crippen molar-refractivity contribution in [3.63, 3.8) is 0 Å². The van der Waals surface area contributed by atoms with E-state index in [1.54, 1.807) is 18.2 Å². The summed E-state index contributed by atoms with van der Waals surface area (Å²) in [7, 11) is 4.38. The Bertz CT molecular complexity index is 1460. The molecule has 0 unspecified atom stereocenters. The van der Waals surface area contributed by atoms with Gasteiger partial charge in [0.15, 0.2) is 29.5 Å². The zero-order valence-corrected chi connectivity index (χ0v) is 19.7. The Labute approximate surface area is 207 Å². The molecule has 0 fully saturated rings. The van der Waals surface area contributed by atoms with Crippen LogP contribution in [0.15, 0.2) is 48.8 Å². The Balaban J connectivity index is 1.54. The number of amides is 1. The van der Waals surface area contributed by atoms with E-state index in [2.05, 4.69) is 20.1 Å². The molecular weight excluding hydrogens is 500 g/mol. The number of aromatic nitrogens is 3. The molecule has 4 rings (SSSR count). The number of fused-ring (bicyclic) bond motifs is 1. The number of nitrogens with zero attached hydrogens (tertiary/aromatic N) is 3. The molecule has 0 saturated heterocycles. The fourth-order valence-corrected chi connectivity index (χ4v) is 3.39. The van der Waals surface area contributed by atoms with Crippen molar-refractivity contribution < 1.29 is 41.3 Å². The number of carbonyl (C=O) groups is 1. The van der Waals surface area contributed by atoms with E-state index in [-0.39, 0.29) is 11.4 Å². The molecule has 0 radical (unpaired) electrons. The number of halogens is 4. The van der Waals surface area contributed by atoms with Crippen LogP contribution in [0.5, 0.6) is 28.7 Å². The van der Waals surface area contributed by atoms with Crippen molar-refractivity contribution in [1.82, 2.24) is 14.8 Å². The van der Waals surface area contributed by atoms with Crippen LogP contribution >= 0.6 is 0 Å². The number of rotatable bonds is 8. The first-order valence-electron chi connectivity index (χ1n) is 10.6. The second kappa shape index (κ2) is 10.2. The van der Waals surface area contributed by atoms with Crippen molar-refractivity contribution in [2.24, 2.45) is 7.05 Å². The van der Waals surface area contributed by atoms with Gasteiger partial charge in [-0.15, -0.1) is 0 Å². The van der Waals surface area contributed by atoms with Gasteiger partial charge in [-0.05, 0) is 24.3 Å². The number of hydrogen-bond acceptors (Lipinski definition) is 7. The van der Waals surface area contributed by atoms with Crippen LogP contribution < -0.4 is 24.3 Å². The van der Waals surface area contributed by atoms with Gasteiger partial charge in [-0.2, -0.15) is 18.3 Å². The van der Waals surface area contributed by atoms with Crippen LogP contribution in [0.4, 0.5) is 23.2 Å². The lowest BCUT2D eigenvalue weighted by Gasteiger charge is -2.13. The van der Waals surface area contributed by atoms with Crippen molar-refractivity contribution in [2.75, 3.05) is 26.1 Å². The Morgan fingerprint density at radius 1 is 1.03 bits per heavy atom. The van der Waals surface area contributed by atoms with E-state index in [4.69, 9.17) is 14.2 Å². The molecule has 0 aliphatic heterocycles. The average molecular weight is 520 g/mol. The Hall–Kier alpha value is -4.55. The van der Waals surface area contributed by atoms with Gasteiger partial charge in [-0.25, -0.2) is 4.39 Å². The quantitative estimate of drug-likeness (QED) is 0.323. The second-order valence-electron chi connectivity index (χ2n) is 7.65. The van der Waals surface area contributed by atoms with Gasteiger partial charge < -0.3 is 24.3 Å². The van der Waals surface area contributed by atoms with E-state index in [9.17, 15) is 22.4 Å². The molecule has 0 spiro atoms. The third kappa shape index (κ3) is 5.82. The molecule has 1 amide bonds. The maximum atomic E-state index is 14.8. The summed E-state index contributed by atoms with van der Waals surface area (Å²) in [4.78, 5) is 16.9. The number of carbonyl (C=O) groups excluding carboxylic acids is 1. The van der Waals surface area contributed by atoms with Crippen molar-refractivity contribution in [1.29, 1.82) is 0 Å². The number of methoxy groups -OCH3 is 2. The van der Waals surface area contributed by atoms with E-state index >= 15 is 0 Å². The lowest BCUT2D eigenvalue weighted by atomic mass is 10.2. The van der Waals surface area contributed by atoms with Crippen LogP contribution in [0.25, 0.3) is 10.9 Å². The predicted molar refractivity (Wildman–Crippen MR) is 124 cm³/mol. The lowest BCUT2D eigenvalue weighted by molar-refractivity contribution is -0.153. The van der Waals surface area contributed by atoms with Crippen LogP contribution in [0.3, 0.4) is 0 Å². The minimum absolute atomic E-state index is 0.116. The number of aryl methyl sites for hydroxylation is 1. The van der Waals surface area contributed by atoms with Crippen molar-refractivity contribution in [3.8, 4) is 28.7 Å². The van der Waals surface area contributed by atoms with Crippen molar-refractivity contribution in [3.05, 3.63) is 60.3 Å². The highest BCUT2D eigenvalue weighted by atomic mass is 19.4. The molecule has 0 atom stereocenters. The van der Waals surface area contributed by atoms with Crippen molar-refractivity contribution >= 4 is 22.5 Å². The van der Waals surface area contributed by atoms with Gasteiger partial charge in [0.1, 0.15) is 17.3 Å². The first-order chi connectivity index (χ1) is 17.6. The minimum Gasteiger partial charge on any atom is -0.493 e. The molecule has 4 aromatic rings. The van der Waals surface area contributed by atoms with Gasteiger partial charge in [0.2, 0.25) is 0 Å². The number of pyridine rings is 1. The number of alkyl halides is 3. The molecule has 37 heavy (non-hydrogen) atoms. The SMILES string of the molecule is COc1cc2nccc(Oc3ccc(NC(=O)c4nn(C)cc4OCC(F)(F)F)c(F)c3)c2cc1OC. The third-order valence-corrected chi connectivity index (χ3v) is 5.03. The monoisotopic (exact) mass is 520 g/mol. The van der Waals surface area contributed by atoms with Crippen LogP contribution in [-0.4, -0.2) is 47.7 Å². The predicted octanol–water partition coefficient (Wildman–Crippen LogP) is 5.11. The first kappa shape index (κ1) is 25.5. The minimum atomic E-state index is -4.61. The maximum Gasteiger partial charge on any atom is 0.422 e. The van der Waals surface area contributed by atoms with Gasteiger partial charge in [0.05, 0.1) is 31.6 Å². The highest BCUT2D eigenvalue weighted by Gasteiger charge is 2.30. The van der Waals surface area contributed by atoms with Crippen molar-refractivity contribution in [2.45, 2.75) is 6.18 Å². The highest BCUT2D eigenvalue weighted by molar-refractivity contribution is 6.04. The molecular formula is C24H20F4N4O5. The summed E-state index contributed by atoms with van der Waals surface area (Å²) in [5.74, 6) is -0.791. The molecule has 2 aromatic heterocycles. The molecule has 2 aromatic carbocycles. The molecule has 1 N–H and O–H groups in total. The Morgan fingerprint density at radius 3 is 2.43 bits per heavy atom. The zero-order chi connectivity index (χ0) is 26.7. The number of ether oxygens (including phenoxy) is 4. The summed E-state index contributed by atoms with van der Waals surface area (Å²) in [5.41, 5.74) is -0.117. The molecule has 13 heteroatoms. The van der Waals surface area contributed by atoms with Crippen LogP contribution in [0.1, 0.15) is 10.5 Å². The van der Waals surface area contributed by atoms with E-state index in [0.29, 0.717) is 28.2 Å². The summed E-state index contributed by atoms with van der Waals surface area (Å²) in [6.07, 6.45) is -1.99. The molecule has 0 bridgehead atoms. The first-order valence-corrected chi connectivity index (χ1v) is 10.6. The number of anilines is 1. The van der Waals surface area contributed by atoms with Gasteiger partial charge in [-0.1, -0.05) is 0 Å². The number of nitrogens with one attached hydrogen (secondary N) is 1. The lowest BCUT2D eigenvalue weighted by Crippen LogP contribution is -2.21. The smallest absolute Gasteiger partial charge is 0.422 e. The topological polar surface area (TPSA) is 96.7 Å². The maximum absolute atomic E-state index is 14.8. The number of benzene rings is 2. The standard InChI is InChI=1S/C24H20F4N4O5/c1-32-11-21(36-12-24(26,27)28)22(31-32)23(33)30-16-5-4-13(8-15(16)25)37-18-6-7-29-17-10-20(35-3)19(34-2)9-14(17)18/h4-11H,12H2,1-3H3,(H,30,33). The summed E-state index contributed by atoms with van der Waals surface area (Å²) in [6, 6.07) is 8.63. The van der Waals surface area contributed by atoms with E-state index in [1.165, 1.54) is 39.6 Å². The van der Waals surface area contributed by atoms with Gasteiger partial charge in [-0.3, -0.25) is 14.5 Å². The van der Waals surface area contributed by atoms with Gasteiger partial charge >= 0.3 is 6.18 Å². The zero-order valence-electron chi connectivity index (χ0n) is 19.7. The van der Waals surface area contributed by atoms with E-state index in [1.807, 2.05) is 0 Å². The largest absolute Gasteiger partial charge is 0.493 e. The summed E-state index contributed by atoms with van der Waals surface area (Å²) >= 11 is 0. The normalized spacial score (nSPS) is 11.3. The molecule has 0 saturated carbocycles. The molecule has 0 aliphatic carbocycles. The van der Waals surface area contributed by atoms with Crippen LogP contribution in [0, 0.1) is 5.82 Å². The molecule has 2 heterocycles. The molecule has 9 nitrogen and oxygen atoms in total. The Kier molecular flexibility index (Phi) is 7.05. The van der Waals surface area contributed by atoms with E-state index < -0.39 is 36.0 Å². The fourth-order valence-electron chi connectivity index (χ4n) is 3.39. The molecule has 194 valence electrons. The van der Waals surface area contributed by atoms with Gasteiger partial charge in [0, 0.05) is 30.8 Å². The Morgan fingerprint density at radius 2 is 1.76 bits per heavy atom. The third-order valence-electron chi connectivity index (χ3n) is 5.03. The summed E-state index contributed by atoms with van der Waals surface area (Å²) < 4.78 is 74.5. The fraction of sp³-hybridized carbons (Fsp3) is 0.208. The average Bonchev–Trinajstić information content (AvgIpc) is 3.24. The van der Waals surface area contributed by atoms with Crippen LogP contribution in [-0.2, 0) is 7.05 Å². The highest BCUT2D eigenvalue weighted by Crippen LogP contribution is 2.37. The van der Waals surface area contributed by atoms with E-state index in [0.717, 1.165) is 16.9 Å². The number of hydrogen-bond donors (Lipinski definition) is 1. The summed E-state index contributed by atoms with van der Waals surface area (Å²) in [5, 5.41) is 6.67.